The molecule has 0 amide bonds. The molecule has 19 heteroatoms. The number of aliphatic hydroxyl groups is 1. The molecule has 0 aromatic heterocycles. The van der Waals surface area contributed by atoms with E-state index in [2.05, 4.69) is 13.8 Å². The third-order valence-electron chi connectivity index (χ3n) is 13.1. The highest BCUT2D eigenvalue weighted by Crippen LogP contribution is 2.46. The van der Waals surface area contributed by atoms with E-state index in [9.17, 15) is 42.3 Å². The summed E-state index contributed by atoms with van der Waals surface area (Å²) in [5, 5.41) is 11.8. The summed E-state index contributed by atoms with van der Waals surface area (Å²) >= 11 is 0. The summed E-state index contributed by atoms with van der Waals surface area (Å²) in [6.45, 7) is 23.0. The van der Waals surface area contributed by atoms with Gasteiger partial charge in [-0.25, -0.2) is 4.79 Å². The van der Waals surface area contributed by atoms with Crippen molar-refractivity contribution in [3.63, 3.8) is 0 Å². The van der Waals surface area contributed by atoms with Gasteiger partial charge in [-0.3, -0.25) is 28.5 Å². The lowest BCUT2D eigenvalue weighted by atomic mass is 9.79. The van der Waals surface area contributed by atoms with E-state index in [4.69, 9.17) is 42.4 Å². The van der Waals surface area contributed by atoms with Crippen molar-refractivity contribution in [1.29, 1.82) is 0 Å². The lowest BCUT2D eigenvalue weighted by Crippen LogP contribution is -2.57. The molecule has 0 aromatic carbocycles. The first-order valence-corrected chi connectivity index (χ1v) is 27.4. The van der Waals surface area contributed by atoms with Gasteiger partial charge in [0, 0.05) is 63.4 Å². The van der Waals surface area contributed by atoms with Crippen LogP contribution in [0.1, 0.15) is 167 Å². The van der Waals surface area contributed by atoms with Gasteiger partial charge in [-0.2, -0.15) is 8.42 Å². The molecule has 1 spiro atoms. The molecular weight excluding hydrogens is 957 g/mol. The molecule has 2 aliphatic rings. The zero-order chi connectivity index (χ0) is 54.7. The maximum Gasteiger partial charge on any atom is 0.333 e. The van der Waals surface area contributed by atoms with Crippen LogP contribution in [0.15, 0.2) is 23.3 Å². The highest BCUT2D eigenvalue weighted by Gasteiger charge is 2.51. The van der Waals surface area contributed by atoms with Gasteiger partial charge in [-0.15, -0.1) is 0 Å². The van der Waals surface area contributed by atoms with Gasteiger partial charge in [-0.05, 0) is 87.0 Å². The highest BCUT2D eigenvalue weighted by molar-refractivity contribution is 7.85. The average Bonchev–Trinajstić information content (AvgIpc) is 3.25. The van der Waals surface area contributed by atoms with Gasteiger partial charge in [0.1, 0.15) is 42.9 Å². The van der Waals surface area contributed by atoms with Crippen molar-refractivity contribution in [3.05, 3.63) is 23.3 Å². The number of hydrogen-bond acceptors (Lipinski definition) is 17. The lowest BCUT2D eigenvalue weighted by molar-refractivity contribution is -0.347. The third-order valence-corrected chi connectivity index (χ3v) is 13.8. The predicted octanol–water partition coefficient (Wildman–Crippen LogP) is 8.20. The monoisotopic (exact) mass is 1040 g/mol. The zero-order valence-electron chi connectivity index (χ0n) is 45.5. The molecule has 13 atom stereocenters. The largest absolute Gasteiger partial charge is 0.466 e. The van der Waals surface area contributed by atoms with E-state index >= 15 is 0 Å². The van der Waals surface area contributed by atoms with Crippen LogP contribution in [-0.2, 0) is 76.8 Å². The number of ether oxygens (including phenoxy) is 8. The standard InChI is InChI=1S/C53H88O18S/c1-15-45(55)67-41(20-19-37(10)52(60)64-14)39(12)51(66-40(13)54)43(68-47(57)23-31(2)3)28-38(11)50(69-48(58)24-32(4)5)44-26-35(8)30-53(71-44)29-34(7)25-42(70-53)49(59)36(9)18-16-17-33(6)27-46(56)65-21-22-72(61,62)63/h18-19,31-35,38-39,41-44,49-51,59H,15-17,20-30H2,1-14H3,(H,61,62,63)/b36-18+,37-19+/t33-,34-,35-,38-,39-,41-,42-,43+,44+,49+,50+,51+,53-/m0/s1. The minimum atomic E-state index is -4.25. The number of carbonyl (C=O) groups excluding carboxylic acids is 6. The molecule has 2 saturated heterocycles. The fraction of sp³-hybridized carbons (Fsp3) is 0.811. The Morgan fingerprint density at radius 3 is 1.85 bits per heavy atom. The van der Waals surface area contributed by atoms with Crippen molar-refractivity contribution in [2.45, 2.75) is 216 Å². The second-order valence-corrected chi connectivity index (χ2v) is 23.0. The fourth-order valence-corrected chi connectivity index (χ4v) is 9.85. The Morgan fingerprint density at radius 2 is 1.31 bits per heavy atom. The fourth-order valence-electron chi connectivity index (χ4n) is 9.56. The summed E-state index contributed by atoms with van der Waals surface area (Å²) in [5.74, 6) is -6.72. The van der Waals surface area contributed by atoms with E-state index in [0.717, 1.165) is 0 Å². The molecule has 18 nitrogen and oxygen atoms in total. The molecule has 0 saturated carbocycles. The van der Waals surface area contributed by atoms with Crippen molar-refractivity contribution < 1.29 is 84.7 Å². The molecule has 2 heterocycles. The topological polar surface area (TPSA) is 251 Å². The minimum Gasteiger partial charge on any atom is -0.466 e. The van der Waals surface area contributed by atoms with Crippen molar-refractivity contribution in [1.82, 2.24) is 0 Å². The number of allylic oxidation sites excluding steroid dienone is 1. The van der Waals surface area contributed by atoms with Crippen LogP contribution in [-0.4, -0.2) is 122 Å². The van der Waals surface area contributed by atoms with E-state index in [-0.39, 0.29) is 73.7 Å². The second kappa shape index (κ2) is 30.5. The Labute approximate surface area is 429 Å². The van der Waals surface area contributed by atoms with Crippen LogP contribution in [0.4, 0.5) is 0 Å². The molecule has 0 bridgehead atoms. The number of methoxy groups -OCH3 is 1. The molecule has 2 N–H and O–H groups in total. The molecule has 2 fully saturated rings. The Balaban J connectivity index is 2.54. The molecule has 0 aliphatic carbocycles. The first-order valence-electron chi connectivity index (χ1n) is 25.8. The van der Waals surface area contributed by atoms with E-state index in [0.29, 0.717) is 44.1 Å². The maximum absolute atomic E-state index is 13.7. The van der Waals surface area contributed by atoms with Gasteiger partial charge in [0.25, 0.3) is 10.1 Å². The highest BCUT2D eigenvalue weighted by atomic mass is 32.2. The summed E-state index contributed by atoms with van der Waals surface area (Å²) in [5.41, 5.74) is 0.951. The molecule has 2 aliphatic heterocycles. The van der Waals surface area contributed by atoms with Gasteiger partial charge in [0.05, 0.1) is 19.3 Å². The number of aliphatic hydroxyl groups excluding tert-OH is 1. The van der Waals surface area contributed by atoms with Crippen LogP contribution in [0.3, 0.4) is 0 Å². The summed E-state index contributed by atoms with van der Waals surface area (Å²) in [6.07, 6.45) is 0.446. The van der Waals surface area contributed by atoms with E-state index in [1.807, 2.05) is 54.5 Å². The van der Waals surface area contributed by atoms with Crippen LogP contribution in [0.25, 0.3) is 0 Å². The predicted molar refractivity (Wildman–Crippen MR) is 267 cm³/mol. The van der Waals surface area contributed by atoms with Crippen molar-refractivity contribution in [2.24, 2.45) is 41.4 Å². The SMILES string of the molecule is CCC(=O)O[C@@H](C/C=C(\C)C(=O)OC)[C@H](C)[C@@H](OC(C)=O)[C@@H](C[C@H](C)[C@@H](OC(=O)CC(C)C)[C@H]1C[C@H](C)C[C@]2(C[C@@H](C)C[C@@H]([C@H](O)/C(C)=C/CC[C@H](C)CC(=O)OCCS(=O)(=O)O)O2)O1)OC(=O)CC(C)C. The summed E-state index contributed by atoms with van der Waals surface area (Å²) in [6, 6.07) is 0. The van der Waals surface area contributed by atoms with Crippen molar-refractivity contribution >= 4 is 45.9 Å². The van der Waals surface area contributed by atoms with E-state index in [1.54, 1.807) is 26.8 Å². The average molecular weight is 1050 g/mol. The van der Waals surface area contributed by atoms with Crippen LogP contribution in [0, 0.1) is 41.4 Å². The Kier molecular flexibility index (Phi) is 27.2. The molecule has 0 radical (unpaired) electrons. The molecule has 0 aromatic rings. The van der Waals surface area contributed by atoms with Crippen LogP contribution >= 0.6 is 0 Å². The summed E-state index contributed by atoms with van der Waals surface area (Å²) < 4.78 is 79.1. The van der Waals surface area contributed by atoms with Crippen molar-refractivity contribution in [3.8, 4) is 0 Å². The van der Waals surface area contributed by atoms with Gasteiger partial charge in [0.2, 0.25) is 0 Å². The Morgan fingerprint density at radius 1 is 0.750 bits per heavy atom. The van der Waals surface area contributed by atoms with Gasteiger partial charge < -0.3 is 43.0 Å². The van der Waals surface area contributed by atoms with Gasteiger partial charge in [0.15, 0.2) is 5.79 Å². The van der Waals surface area contributed by atoms with Gasteiger partial charge in [-0.1, -0.05) is 81.4 Å². The van der Waals surface area contributed by atoms with Crippen LogP contribution in [0.2, 0.25) is 0 Å². The number of rotatable bonds is 29. The Bertz CT molecular complexity index is 1940. The van der Waals surface area contributed by atoms with Gasteiger partial charge >= 0.3 is 35.8 Å². The van der Waals surface area contributed by atoms with Crippen LogP contribution < -0.4 is 0 Å². The number of hydrogen-bond donors (Lipinski definition) is 2. The molecular formula is C53H88O18S. The quantitative estimate of drug-likeness (QED) is 0.0235. The van der Waals surface area contributed by atoms with Crippen LogP contribution in [0.5, 0.6) is 0 Å². The Hall–Kier alpha value is -3.91. The summed E-state index contributed by atoms with van der Waals surface area (Å²) in [4.78, 5) is 77.7. The molecule has 414 valence electrons. The second-order valence-electron chi connectivity index (χ2n) is 21.4. The molecule has 2 rings (SSSR count). The summed E-state index contributed by atoms with van der Waals surface area (Å²) in [7, 11) is -2.99. The minimum absolute atomic E-state index is 0.00666. The molecule has 0 unspecified atom stereocenters. The maximum atomic E-state index is 13.7. The van der Waals surface area contributed by atoms with E-state index in [1.165, 1.54) is 14.0 Å². The van der Waals surface area contributed by atoms with Crippen molar-refractivity contribution in [2.75, 3.05) is 19.5 Å². The molecule has 72 heavy (non-hydrogen) atoms. The first-order chi connectivity index (χ1) is 33.5. The van der Waals surface area contributed by atoms with E-state index < -0.39 is 119 Å². The normalized spacial score (nSPS) is 24.2. The number of carbonyl (C=O) groups is 6. The zero-order valence-corrected chi connectivity index (χ0v) is 46.3. The third kappa shape index (κ3) is 23.1. The lowest BCUT2D eigenvalue weighted by Gasteiger charge is -2.52. The smallest absolute Gasteiger partial charge is 0.333 e. The first kappa shape index (κ1) is 64.2. The number of esters is 6.